The number of hydrogen-bond acceptors (Lipinski definition) is 3. The number of rotatable bonds is 8. The Morgan fingerprint density at radius 3 is 2.67 bits per heavy atom. The maximum atomic E-state index is 6.10. The molecule has 2 rings (SSSR count). The molecule has 0 radical (unpaired) electrons. The summed E-state index contributed by atoms with van der Waals surface area (Å²) in [6.45, 7) is 4.95. The normalized spacial score (nSPS) is 10.8. The van der Waals surface area contributed by atoms with Gasteiger partial charge >= 0.3 is 0 Å². The van der Waals surface area contributed by atoms with E-state index < -0.39 is 0 Å². The molecule has 1 aromatic heterocycles. The quantitative estimate of drug-likeness (QED) is 0.750. The number of nitrogens with one attached hydrogen (secondary N) is 1. The van der Waals surface area contributed by atoms with Crippen molar-refractivity contribution in [2.75, 3.05) is 6.54 Å². The highest BCUT2D eigenvalue weighted by Gasteiger charge is 2.01. The molecule has 0 saturated heterocycles. The maximum absolute atomic E-state index is 6.10. The van der Waals surface area contributed by atoms with Crippen LogP contribution >= 0.6 is 11.6 Å². The molecule has 0 spiro atoms. The van der Waals surface area contributed by atoms with Crippen LogP contribution in [0.3, 0.4) is 0 Å². The first kappa shape index (κ1) is 16.0. The van der Waals surface area contributed by atoms with Crippen molar-refractivity contribution in [3.63, 3.8) is 0 Å². The average molecular weight is 305 g/mol. The molecule has 21 heavy (non-hydrogen) atoms. The fourth-order valence-electron chi connectivity index (χ4n) is 1.98. The van der Waals surface area contributed by atoms with E-state index in [2.05, 4.69) is 17.2 Å². The molecule has 1 heterocycles. The van der Waals surface area contributed by atoms with Crippen molar-refractivity contribution in [1.29, 1.82) is 0 Å². The summed E-state index contributed by atoms with van der Waals surface area (Å²) in [6, 6.07) is 13.8. The third kappa shape index (κ3) is 5.46. The van der Waals surface area contributed by atoms with Gasteiger partial charge in [-0.2, -0.15) is 0 Å². The zero-order valence-corrected chi connectivity index (χ0v) is 13.1. The molecule has 0 bridgehead atoms. The van der Waals surface area contributed by atoms with Gasteiger partial charge in [-0.1, -0.05) is 42.8 Å². The summed E-state index contributed by atoms with van der Waals surface area (Å²) < 4.78 is 5.70. The molecule has 0 saturated carbocycles. The van der Waals surface area contributed by atoms with Crippen LogP contribution in [0.4, 0.5) is 0 Å². The molecule has 1 N–H and O–H groups in total. The summed E-state index contributed by atoms with van der Waals surface area (Å²) in [7, 11) is 0. The maximum Gasteiger partial charge on any atom is 0.0892 e. The van der Waals surface area contributed by atoms with E-state index >= 15 is 0 Å². The van der Waals surface area contributed by atoms with E-state index in [1.165, 1.54) is 0 Å². The van der Waals surface area contributed by atoms with Crippen LogP contribution in [-0.4, -0.2) is 11.5 Å². The summed E-state index contributed by atoms with van der Waals surface area (Å²) in [5.74, 6) is 0. The highest BCUT2D eigenvalue weighted by Crippen LogP contribution is 2.16. The predicted molar refractivity (Wildman–Crippen MR) is 86.2 cm³/mol. The van der Waals surface area contributed by atoms with Gasteiger partial charge in [-0.05, 0) is 36.7 Å². The van der Waals surface area contributed by atoms with E-state index in [1.807, 2.05) is 42.5 Å². The summed E-state index contributed by atoms with van der Waals surface area (Å²) in [5.41, 5.74) is 2.99. The molecule has 0 amide bonds. The molecule has 0 aliphatic heterocycles. The third-order valence-electron chi connectivity index (χ3n) is 3.06. The van der Waals surface area contributed by atoms with Gasteiger partial charge in [0.15, 0.2) is 0 Å². The second-order valence-electron chi connectivity index (χ2n) is 4.88. The Balaban J connectivity index is 1.83. The highest BCUT2D eigenvalue weighted by molar-refractivity contribution is 6.31. The lowest BCUT2D eigenvalue weighted by Gasteiger charge is -2.08. The first-order chi connectivity index (χ1) is 10.3. The van der Waals surface area contributed by atoms with Crippen LogP contribution in [-0.2, 0) is 24.5 Å². The molecular weight excluding hydrogens is 284 g/mol. The Morgan fingerprint density at radius 2 is 1.86 bits per heavy atom. The van der Waals surface area contributed by atoms with Crippen molar-refractivity contribution in [2.24, 2.45) is 0 Å². The lowest BCUT2D eigenvalue weighted by Crippen LogP contribution is -2.15. The zero-order valence-electron chi connectivity index (χ0n) is 12.3. The minimum atomic E-state index is 0.493. The minimum absolute atomic E-state index is 0.493. The topological polar surface area (TPSA) is 34.1 Å². The molecule has 0 aliphatic carbocycles. The van der Waals surface area contributed by atoms with Crippen LogP contribution in [0.5, 0.6) is 0 Å². The van der Waals surface area contributed by atoms with Crippen molar-refractivity contribution in [2.45, 2.75) is 33.1 Å². The summed E-state index contributed by atoms with van der Waals surface area (Å²) >= 11 is 6.10. The van der Waals surface area contributed by atoms with Gasteiger partial charge < -0.3 is 10.1 Å². The number of nitrogens with zero attached hydrogens (tertiary/aromatic N) is 1. The van der Waals surface area contributed by atoms with Crippen LogP contribution < -0.4 is 5.32 Å². The van der Waals surface area contributed by atoms with Crippen molar-refractivity contribution in [1.82, 2.24) is 10.3 Å². The van der Waals surface area contributed by atoms with Crippen molar-refractivity contribution < 1.29 is 4.74 Å². The number of hydrogen-bond donors (Lipinski definition) is 1. The lowest BCUT2D eigenvalue weighted by atomic mass is 10.2. The summed E-state index contributed by atoms with van der Waals surface area (Å²) in [5, 5.41) is 4.09. The second-order valence-corrected chi connectivity index (χ2v) is 5.29. The number of benzene rings is 1. The van der Waals surface area contributed by atoms with E-state index in [1.54, 1.807) is 0 Å². The smallest absolute Gasteiger partial charge is 0.0892 e. The van der Waals surface area contributed by atoms with Crippen LogP contribution in [0, 0.1) is 0 Å². The third-order valence-corrected chi connectivity index (χ3v) is 3.43. The van der Waals surface area contributed by atoms with Gasteiger partial charge in [0.25, 0.3) is 0 Å². The van der Waals surface area contributed by atoms with Gasteiger partial charge in [-0.3, -0.25) is 4.98 Å². The molecule has 0 fully saturated rings. The van der Waals surface area contributed by atoms with Crippen LogP contribution in [0.25, 0.3) is 0 Å². The van der Waals surface area contributed by atoms with Gasteiger partial charge in [-0.15, -0.1) is 0 Å². The Kier molecular flexibility index (Phi) is 6.67. The van der Waals surface area contributed by atoms with Gasteiger partial charge in [0.2, 0.25) is 0 Å². The van der Waals surface area contributed by atoms with Gasteiger partial charge in [0.1, 0.15) is 0 Å². The van der Waals surface area contributed by atoms with Crippen molar-refractivity contribution in [3.05, 3.63) is 64.4 Å². The first-order valence-electron chi connectivity index (χ1n) is 7.26. The number of aromatic nitrogens is 1. The van der Waals surface area contributed by atoms with E-state index in [0.717, 1.165) is 41.5 Å². The largest absolute Gasteiger partial charge is 0.370 e. The van der Waals surface area contributed by atoms with Gasteiger partial charge in [0.05, 0.1) is 24.6 Å². The molecule has 3 nitrogen and oxygen atoms in total. The van der Waals surface area contributed by atoms with E-state index in [9.17, 15) is 0 Å². The van der Waals surface area contributed by atoms with Crippen LogP contribution in [0.1, 0.15) is 30.3 Å². The van der Waals surface area contributed by atoms with Crippen LogP contribution in [0.2, 0.25) is 5.02 Å². The van der Waals surface area contributed by atoms with E-state index in [0.29, 0.717) is 13.2 Å². The molecule has 2 aromatic rings. The SMILES string of the molecule is CCCNCc1cccc(COCc2ccccc2Cl)n1. The molecule has 0 unspecified atom stereocenters. The Hall–Kier alpha value is -1.42. The van der Waals surface area contributed by atoms with E-state index in [4.69, 9.17) is 16.3 Å². The van der Waals surface area contributed by atoms with Crippen molar-refractivity contribution in [3.8, 4) is 0 Å². The lowest BCUT2D eigenvalue weighted by molar-refractivity contribution is 0.104. The van der Waals surface area contributed by atoms with Gasteiger partial charge in [0, 0.05) is 11.6 Å². The van der Waals surface area contributed by atoms with Crippen LogP contribution in [0.15, 0.2) is 42.5 Å². The summed E-state index contributed by atoms with van der Waals surface area (Å²) in [4.78, 5) is 4.58. The Morgan fingerprint density at radius 1 is 1.05 bits per heavy atom. The molecule has 0 aliphatic rings. The molecule has 112 valence electrons. The van der Waals surface area contributed by atoms with Crippen molar-refractivity contribution >= 4 is 11.6 Å². The molecule has 4 heteroatoms. The van der Waals surface area contributed by atoms with Gasteiger partial charge in [-0.25, -0.2) is 0 Å². The standard InChI is InChI=1S/C17H21ClN2O/c1-2-10-19-11-15-7-5-8-16(20-15)13-21-12-14-6-3-4-9-17(14)18/h3-9,19H,2,10-13H2,1H3. The van der Waals surface area contributed by atoms with E-state index in [-0.39, 0.29) is 0 Å². The average Bonchev–Trinajstić information content (AvgIpc) is 2.50. The predicted octanol–water partition coefficient (Wildman–Crippen LogP) is 3.95. The fraction of sp³-hybridized carbons (Fsp3) is 0.353. The minimum Gasteiger partial charge on any atom is -0.370 e. The molecule has 1 aromatic carbocycles. The number of halogens is 1. The zero-order chi connectivity index (χ0) is 14.9. The fourth-order valence-corrected chi connectivity index (χ4v) is 2.17. The monoisotopic (exact) mass is 304 g/mol. The number of pyridine rings is 1. The highest BCUT2D eigenvalue weighted by atomic mass is 35.5. The first-order valence-corrected chi connectivity index (χ1v) is 7.64. The summed E-state index contributed by atoms with van der Waals surface area (Å²) in [6.07, 6.45) is 1.13. The Bertz CT molecular complexity index is 560. The molecular formula is C17H21ClN2O. The molecule has 0 atom stereocenters. The second kappa shape index (κ2) is 8.78. The number of ether oxygens (including phenoxy) is 1. The Labute approximate surface area is 131 Å².